The van der Waals surface area contributed by atoms with Gasteiger partial charge in [-0.05, 0) is 55.7 Å². The molecule has 0 spiro atoms. The Bertz CT molecular complexity index is 635. The number of rotatable bonds is 4. The van der Waals surface area contributed by atoms with Crippen molar-refractivity contribution in [1.29, 1.82) is 0 Å². The SMILES string of the molecule is Cl.O=C(NCC1(c2cccc(Cl)c2)CCOCC1)C1CC2CCCCC2N1. The highest BCUT2D eigenvalue weighted by Gasteiger charge is 2.40. The molecule has 3 fully saturated rings. The second-order valence-electron chi connectivity index (χ2n) is 8.23. The third kappa shape index (κ3) is 4.61. The van der Waals surface area contributed by atoms with Gasteiger partial charge >= 0.3 is 0 Å². The summed E-state index contributed by atoms with van der Waals surface area (Å²) in [5.41, 5.74) is 1.13. The van der Waals surface area contributed by atoms with Crippen molar-refractivity contribution >= 4 is 29.9 Å². The number of carbonyl (C=O) groups excluding carboxylic acids is 1. The fourth-order valence-electron chi connectivity index (χ4n) is 5.05. The second kappa shape index (κ2) is 9.13. The van der Waals surface area contributed by atoms with Gasteiger partial charge in [-0.15, -0.1) is 12.4 Å². The van der Waals surface area contributed by atoms with E-state index in [0.717, 1.165) is 37.5 Å². The van der Waals surface area contributed by atoms with Crippen LogP contribution in [0.25, 0.3) is 0 Å². The molecule has 6 heteroatoms. The highest BCUT2D eigenvalue weighted by Crippen LogP contribution is 2.36. The smallest absolute Gasteiger partial charge is 0.237 e. The summed E-state index contributed by atoms with van der Waals surface area (Å²) < 4.78 is 5.59. The number of amides is 1. The minimum Gasteiger partial charge on any atom is -0.381 e. The van der Waals surface area contributed by atoms with Crippen LogP contribution < -0.4 is 10.6 Å². The Morgan fingerprint density at radius 2 is 2.04 bits per heavy atom. The molecule has 4 nitrogen and oxygen atoms in total. The van der Waals surface area contributed by atoms with Crippen LogP contribution >= 0.6 is 24.0 Å². The maximum Gasteiger partial charge on any atom is 0.237 e. The van der Waals surface area contributed by atoms with Gasteiger partial charge in [0.25, 0.3) is 0 Å². The summed E-state index contributed by atoms with van der Waals surface area (Å²) in [7, 11) is 0. The zero-order chi connectivity index (χ0) is 18.0. The molecule has 4 rings (SSSR count). The van der Waals surface area contributed by atoms with Gasteiger partial charge in [-0.25, -0.2) is 0 Å². The third-order valence-corrected chi connectivity index (χ3v) is 6.90. The standard InChI is InChI=1S/C21H29ClN2O2.ClH/c22-17-6-3-5-16(13-17)21(8-10-26-11-9-21)14-23-20(25)19-12-15-4-1-2-7-18(15)24-19;/h3,5-6,13,15,18-19,24H,1-2,4,7-12,14H2,(H,23,25);1H. The summed E-state index contributed by atoms with van der Waals surface area (Å²) in [5.74, 6) is 0.844. The predicted molar refractivity (Wildman–Crippen MR) is 111 cm³/mol. The Labute approximate surface area is 173 Å². The van der Waals surface area contributed by atoms with Crippen LogP contribution in [0.2, 0.25) is 5.02 Å². The van der Waals surface area contributed by atoms with Crippen molar-refractivity contribution in [1.82, 2.24) is 10.6 Å². The highest BCUT2D eigenvalue weighted by atomic mass is 35.5. The molecule has 0 radical (unpaired) electrons. The number of fused-ring (bicyclic) bond motifs is 1. The van der Waals surface area contributed by atoms with Crippen molar-refractivity contribution in [3.63, 3.8) is 0 Å². The van der Waals surface area contributed by atoms with Crippen molar-refractivity contribution in [2.24, 2.45) is 5.92 Å². The fourth-order valence-corrected chi connectivity index (χ4v) is 5.24. The van der Waals surface area contributed by atoms with Crippen LogP contribution in [0, 0.1) is 5.92 Å². The van der Waals surface area contributed by atoms with Crippen molar-refractivity contribution in [2.45, 2.75) is 62.4 Å². The highest BCUT2D eigenvalue weighted by molar-refractivity contribution is 6.30. The third-order valence-electron chi connectivity index (χ3n) is 6.67. The summed E-state index contributed by atoms with van der Waals surface area (Å²) in [6, 6.07) is 8.59. The molecule has 2 saturated heterocycles. The molecule has 0 aromatic heterocycles. The second-order valence-corrected chi connectivity index (χ2v) is 8.66. The molecule has 1 aromatic rings. The van der Waals surface area contributed by atoms with Crippen LogP contribution in [0.5, 0.6) is 0 Å². The fraction of sp³-hybridized carbons (Fsp3) is 0.667. The average Bonchev–Trinajstić information content (AvgIpc) is 3.11. The lowest BCUT2D eigenvalue weighted by Gasteiger charge is -2.38. The number of hydrogen-bond donors (Lipinski definition) is 2. The molecule has 0 bridgehead atoms. The van der Waals surface area contributed by atoms with Gasteiger partial charge in [-0.1, -0.05) is 36.6 Å². The zero-order valence-corrected chi connectivity index (χ0v) is 17.3. The van der Waals surface area contributed by atoms with Crippen molar-refractivity contribution < 1.29 is 9.53 Å². The molecule has 1 saturated carbocycles. The van der Waals surface area contributed by atoms with Gasteiger partial charge in [-0.3, -0.25) is 4.79 Å². The summed E-state index contributed by atoms with van der Waals surface area (Å²) in [4.78, 5) is 12.8. The normalized spacial score (nSPS) is 29.4. The van der Waals surface area contributed by atoms with E-state index in [9.17, 15) is 4.79 Å². The average molecular weight is 413 g/mol. The molecule has 2 heterocycles. The molecule has 150 valence electrons. The molecule has 2 N–H and O–H groups in total. The topological polar surface area (TPSA) is 50.4 Å². The molecule has 1 aliphatic carbocycles. The Morgan fingerprint density at radius 1 is 1.26 bits per heavy atom. The molecule has 1 aromatic carbocycles. The van der Waals surface area contributed by atoms with Gasteiger partial charge in [-0.2, -0.15) is 0 Å². The van der Waals surface area contributed by atoms with Gasteiger partial charge in [0.15, 0.2) is 0 Å². The van der Waals surface area contributed by atoms with Crippen molar-refractivity contribution in [3.05, 3.63) is 34.9 Å². The number of benzene rings is 1. The summed E-state index contributed by atoms with van der Waals surface area (Å²) in [6.45, 7) is 2.12. The van der Waals surface area contributed by atoms with E-state index in [1.165, 1.54) is 31.2 Å². The van der Waals surface area contributed by atoms with E-state index in [2.05, 4.69) is 16.7 Å². The first kappa shape index (κ1) is 20.9. The maximum absolute atomic E-state index is 12.8. The summed E-state index contributed by atoms with van der Waals surface area (Å²) in [5, 5.41) is 7.60. The van der Waals surface area contributed by atoms with E-state index in [1.54, 1.807) is 0 Å². The maximum atomic E-state index is 12.8. The Hall–Kier alpha value is -0.810. The van der Waals surface area contributed by atoms with Gasteiger partial charge in [0.2, 0.25) is 5.91 Å². The summed E-state index contributed by atoms with van der Waals surface area (Å²) >= 11 is 6.23. The van der Waals surface area contributed by atoms with Crippen LogP contribution in [-0.4, -0.2) is 37.7 Å². The lowest BCUT2D eigenvalue weighted by Crippen LogP contribution is -2.49. The molecule has 2 aliphatic heterocycles. The number of nitrogens with one attached hydrogen (secondary N) is 2. The number of carbonyl (C=O) groups is 1. The number of ether oxygens (including phenoxy) is 1. The lowest BCUT2D eigenvalue weighted by atomic mass is 9.74. The molecule has 3 unspecified atom stereocenters. The first-order valence-corrected chi connectivity index (χ1v) is 10.4. The van der Waals surface area contributed by atoms with E-state index < -0.39 is 0 Å². The monoisotopic (exact) mass is 412 g/mol. The Morgan fingerprint density at radius 3 is 2.78 bits per heavy atom. The Balaban J connectivity index is 0.00000210. The Kier molecular flexibility index (Phi) is 7.07. The van der Waals surface area contributed by atoms with Gasteiger partial charge in [0.05, 0.1) is 6.04 Å². The molecule has 1 amide bonds. The molecule has 3 atom stereocenters. The van der Waals surface area contributed by atoms with Crippen LogP contribution in [0.15, 0.2) is 24.3 Å². The molecule has 3 aliphatic rings. The van der Waals surface area contributed by atoms with E-state index in [4.69, 9.17) is 16.3 Å². The van der Waals surface area contributed by atoms with Gasteiger partial charge in [0.1, 0.15) is 0 Å². The first-order valence-electron chi connectivity index (χ1n) is 10.0. The predicted octanol–water partition coefficient (Wildman–Crippen LogP) is 3.85. The van der Waals surface area contributed by atoms with Crippen LogP contribution in [0.4, 0.5) is 0 Å². The molecule has 27 heavy (non-hydrogen) atoms. The zero-order valence-electron chi connectivity index (χ0n) is 15.7. The van der Waals surface area contributed by atoms with Crippen LogP contribution in [0.3, 0.4) is 0 Å². The van der Waals surface area contributed by atoms with E-state index in [0.29, 0.717) is 18.5 Å². The minimum absolute atomic E-state index is 0. The molecular formula is C21H30Cl2N2O2. The van der Waals surface area contributed by atoms with Crippen LogP contribution in [-0.2, 0) is 14.9 Å². The van der Waals surface area contributed by atoms with Crippen molar-refractivity contribution in [3.8, 4) is 0 Å². The quantitative estimate of drug-likeness (QED) is 0.789. The van der Waals surface area contributed by atoms with Crippen LogP contribution in [0.1, 0.15) is 50.5 Å². The van der Waals surface area contributed by atoms with Gasteiger partial charge in [0, 0.05) is 36.2 Å². The summed E-state index contributed by atoms with van der Waals surface area (Å²) in [6.07, 6.45) is 7.91. The minimum atomic E-state index is -0.0792. The number of halogens is 2. The van der Waals surface area contributed by atoms with E-state index >= 15 is 0 Å². The largest absolute Gasteiger partial charge is 0.381 e. The van der Waals surface area contributed by atoms with Crippen molar-refractivity contribution in [2.75, 3.05) is 19.8 Å². The van der Waals surface area contributed by atoms with E-state index in [1.807, 2.05) is 18.2 Å². The van der Waals surface area contributed by atoms with E-state index in [-0.39, 0.29) is 29.8 Å². The lowest BCUT2D eigenvalue weighted by molar-refractivity contribution is -0.123. The van der Waals surface area contributed by atoms with Gasteiger partial charge < -0.3 is 15.4 Å². The molecular weight excluding hydrogens is 383 g/mol. The number of hydrogen-bond acceptors (Lipinski definition) is 3. The first-order chi connectivity index (χ1) is 12.7.